The summed E-state index contributed by atoms with van der Waals surface area (Å²) < 4.78 is 6.03. The van der Waals surface area contributed by atoms with Gasteiger partial charge in [-0.05, 0) is 55.2 Å². The van der Waals surface area contributed by atoms with E-state index >= 15 is 0 Å². The molecule has 150 valence electrons. The Morgan fingerprint density at radius 2 is 1.67 bits per heavy atom. The van der Waals surface area contributed by atoms with Crippen LogP contribution in [0.1, 0.15) is 27.0 Å². The molecule has 0 spiro atoms. The SMILES string of the molecule is Cc1cc(C)c2oc(-c3ccc(C(=O)NCCc4ccccc4)cc3)cc(=O)c2c1. The third-order valence-electron chi connectivity index (χ3n) is 5.13. The number of fused-ring (bicyclic) bond motifs is 1. The lowest BCUT2D eigenvalue weighted by Gasteiger charge is -2.08. The normalized spacial score (nSPS) is 10.9. The molecule has 4 rings (SSSR count). The van der Waals surface area contributed by atoms with Crippen molar-refractivity contribution in [1.82, 2.24) is 5.32 Å². The minimum Gasteiger partial charge on any atom is -0.456 e. The number of hydrogen-bond acceptors (Lipinski definition) is 3. The summed E-state index contributed by atoms with van der Waals surface area (Å²) >= 11 is 0. The van der Waals surface area contributed by atoms with Gasteiger partial charge in [-0.1, -0.05) is 48.5 Å². The zero-order valence-corrected chi connectivity index (χ0v) is 17.1. The fraction of sp³-hybridized carbons (Fsp3) is 0.154. The molecule has 1 heterocycles. The van der Waals surface area contributed by atoms with Crippen LogP contribution >= 0.6 is 0 Å². The highest BCUT2D eigenvalue weighted by Gasteiger charge is 2.11. The van der Waals surface area contributed by atoms with Crippen LogP contribution in [-0.2, 0) is 6.42 Å². The highest BCUT2D eigenvalue weighted by Crippen LogP contribution is 2.25. The maximum atomic E-state index is 12.6. The van der Waals surface area contributed by atoms with Crippen molar-refractivity contribution < 1.29 is 9.21 Å². The Kier molecular flexibility index (Phi) is 5.48. The van der Waals surface area contributed by atoms with Crippen molar-refractivity contribution in [2.45, 2.75) is 20.3 Å². The average molecular weight is 397 g/mol. The van der Waals surface area contributed by atoms with E-state index in [1.54, 1.807) is 24.3 Å². The van der Waals surface area contributed by atoms with Gasteiger partial charge in [0.2, 0.25) is 0 Å². The Hall–Kier alpha value is -3.66. The highest BCUT2D eigenvalue weighted by molar-refractivity contribution is 5.94. The molecule has 3 aromatic carbocycles. The standard InChI is InChI=1S/C26H23NO3/c1-17-14-18(2)25-22(15-17)23(28)16-24(30-25)20-8-10-21(11-9-20)26(29)27-13-12-19-6-4-3-5-7-19/h3-11,14-16H,12-13H2,1-2H3,(H,27,29). The molecule has 0 aliphatic heterocycles. The van der Waals surface area contributed by atoms with Crippen molar-refractivity contribution in [1.29, 1.82) is 0 Å². The molecule has 0 radical (unpaired) electrons. The van der Waals surface area contributed by atoms with Gasteiger partial charge in [0.05, 0.1) is 5.39 Å². The number of rotatable bonds is 5. The molecule has 4 heteroatoms. The molecule has 1 N–H and O–H groups in total. The first-order valence-electron chi connectivity index (χ1n) is 9.99. The van der Waals surface area contributed by atoms with Crippen LogP contribution in [0.15, 0.2) is 82.0 Å². The Bertz CT molecular complexity index is 1260. The summed E-state index contributed by atoms with van der Waals surface area (Å²) in [7, 11) is 0. The first-order valence-corrected chi connectivity index (χ1v) is 9.99. The van der Waals surface area contributed by atoms with Crippen molar-refractivity contribution >= 4 is 16.9 Å². The molecule has 0 aliphatic rings. The van der Waals surface area contributed by atoms with E-state index in [0.29, 0.717) is 28.8 Å². The fourth-order valence-electron chi connectivity index (χ4n) is 3.60. The van der Waals surface area contributed by atoms with Gasteiger partial charge in [-0.15, -0.1) is 0 Å². The van der Waals surface area contributed by atoms with Crippen molar-refractivity contribution in [3.8, 4) is 11.3 Å². The lowest BCUT2D eigenvalue weighted by molar-refractivity contribution is 0.0954. The summed E-state index contributed by atoms with van der Waals surface area (Å²) in [6.07, 6.45) is 0.783. The van der Waals surface area contributed by atoms with Gasteiger partial charge in [0.25, 0.3) is 5.91 Å². The molecule has 0 aliphatic carbocycles. The van der Waals surface area contributed by atoms with Crippen LogP contribution in [0.4, 0.5) is 0 Å². The second kappa shape index (κ2) is 8.37. The number of carbonyl (C=O) groups is 1. The summed E-state index contributed by atoms with van der Waals surface area (Å²) in [5.41, 5.74) is 5.01. The lowest BCUT2D eigenvalue weighted by atomic mass is 10.1. The molecular weight excluding hydrogens is 374 g/mol. The molecule has 0 saturated carbocycles. The number of aryl methyl sites for hydroxylation is 2. The van der Waals surface area contributed by atoms with E-state index in [-0.39, 0.29) is 11.3 Å². The lowest BCUT2D eigenvalue weighted by Crippen LogP contribution is -2.25. The monoisotopic (exact) mass is 397 g/mol. The van der Waals surface area contributed by atoms with Crippen molar-refractivity contribution in [2.75, 3.05) is 6.54 Å². The van der Waals surface area contributed by atoms with Crippen molar-refractivity contribution in [3.05, 3.63) is 105 Å². The van der Waals surface area contributed by atoms with E-state index in [0.717, 1.165) is 23.1 Å². The van der Waals surface area contributed by atoms with E-state index in [2.05, 4.69) is 5.32 Å². The van der Waals surface area contributed by atoms with Crippen molar-refractivity contribution in [2.24, 2.45) is 0 Å². The van der Waals surface area contributed by atoms with Crippen molar-refractivity contribution in [3.63, 3.8) is 0 Å². The second-order valence-electron chi connectivity index (χ2n) is 7.50. The Balaban J connectivity index is 1.50. The average Bonchev–Trinajstić information content (AvgIpc) is 2.75. The number of hydrogen-bond donors (Lipinski definition) is 1. The highest BCUT2D eigenvalue weighted by atomic mass is 16.3. The Labute approximate surface area is 175 Å². The summed E-state index contributed by atoms with van der Waals surface area (Å²) in [5, 5.41) is 3.53. The van der Waals surface area contributed by atoms with Gasteiger partial charge in [0, 0.05) is 23.7 Å². The van der Waals surface area contributed by atoms with E-state index < -0.39 is 0 Å². The molecule has 4 aromatic rings. The summed E-state index contributed by atoms with van der Waals surface area (Å²) in [6, 6.07) is 22.5. The third kappa shape index (κ3) is 4.18. The summed E-state index contributed by atoms with van der Waals surface area (Å²) in [4.78, 5) is 25.0. The molecule has 0 unspecified atom stereocenters. The fourth-order valence-corrected chi connectivity index (χ4v) is 3.60. The minimum absolute atomic E-state index is 0.0687. The van der Waals surface area contributed by atoms with E-state index in [1.807, 2.05) is 56.3 Å². The Morgan fingerprint density at radius 3 is 2.40 bits per heavy atom. The summed E-state index contributed by atoms with van der Waals surface area (Å²) in [5.74, 6) is 0.374. The molecule has 0 atom stereocenters. The molecule has 4 nitrogen and oxygen atoms in total. The third-order valence-corrected chi connectivity index (χ3v) is 5.13. The smallest absolute Gasteiger partial charge is 0.251 e. The van der Waals surface area contributed by atoms with Crippen LogP contribution in [0.2, 0.25) is 0 Å². The molecule has 0 saturated heterocycles. The summed E-state index contributed by atoms with van der Waals surface area (Å²) in [6.45, 7) is 4.47. The topological polar surface area (TPSA) is 59.3 Å². The number of carbonyl (C=O) groups excluding carboxylic acids is 1. The minimum atomic E-state index is -0.122. The first-order chi connectivity index (χ1) is 14.5. The van der Waals surface area contributed by atoms with Gasteiger partial charge in [0.1, 0.15) is 11.3 Å². The largest absolute Gasteiger partial charge is 0.456 e. The molecule has 0 fully saturated rings. The van der Waals surface area contributed by atoms with Crippen LogP contribution < -0.4 is 10.7 Å². The quantitative estimate of drug-likeness (QED) is 0.513. The van der Waals surface area contributed by atoms with Gasteiger partial charge < -0.3 is 9.73 Å². The first kappa shape index (κ1) is 19.6. The van der Waals surface area contributed by atoms with Gasteiger partial charge in [-0.2, -0.15) is 0 Å². The van der Waals surface area contributed by atoms with E-state index in [1.165, 1.54) is 11.6 Å². The van der Waals surface area contributed by atoms with Gasteiger partial charge in [-0.25, -0.2) is 0 Å². The number of nitrogens with one attached hydrogen (secondary N) is 1. The molecule has 0 bridgehead atoms. The van der Waals surface area contributed by atoms with Crippen LogP contribution in [0.25, 0.3) is 22.3 Å². The predicted molar refractivity (Wildman–Crippen MR) is 120 cm³/mol. The predicted octanol–water partition coefficient (Wildman–Crippen LogP) is 5.05. The van der Waals surface area contributed by atoms with E-state index in [4.69, 9.17) is 4.42 Å². The van der Waals surface area contributed by atoms with Crippen LogP contribution in [0, 0.1) is 13.8 Å². The maximum Gasteiger partial charge on any atom is 0.251 e. The van der Waals surface area contributed by atoms with Crippen LogP contribution in [-0.4, -0.2) is 12.5 Å². The van der Waals surface area contributed by atoms with Crippen LogP contribution in [0.5, 0.6) is 0 Å². The van der Waals surface area contributed by atoms with Gasteiger partial charge in [0.15, 0.2) is 5.43 Å². The van der Waals surface area contributed by atoms with Gasteiger partial charge in [-0.3, -0.25) is 9.59 Å². The van der Waals surface area contributed by atoms with Gasteiger partial charge >= 0.3 is 0 Å². The molecule has 30 heavy (non-hydrogen) atoms. The van der Waals surface area contributed by atoms with Crippen LogP contribution in [0.3, 0.4) is 0 Å². The maximum absolute atomic E-state index is 12.6. The number of amides is 1. The molecule has 1 amide bonds. The zero-order valence-electron chi connectivity index (χ0n) is 17.1. The Morgan fingerprint density at radius 1 is 0.933 bits per heavy atom. The second-order valence-corrected chi connectivity index (χ2v) is 7.50. The molecule has 1 aromatic heterocycles. The van der Waals surface area contributed by atoms with E-state index in [9.17, 15) is 9.59 Å². The zero-order chi connectivity index (χ0) is 21.1. The number of benzene rings is 3. The molecular formula is C26H23NO3.